The molecular formula is C70H137NO13. The monoisotopic (exact) mass is 1200 g/mol. The molecule has 14 heteroatoms. The Morgan fingerprint density at radius 1 is 0.381 bits per heavy atom. The number of carbonyl (C=O) groups is 1. The third-order valence-corrected chi connectivity index (χ3v) is 18.3. The van der Waals surface area contributed by atoms with E-state index in [9.17, 15) is 45.6 Å². The number of carbonyl (C=O) groups excluding carboxylic acids is 1. The van der Waals surface area contributed by atoms with Gasteiger partial charge in [0.05, 0.1) is 32.0 Å². The molecule has 1 amide bonds. The van der Waals surface area contributed by atoms with E-state index in [0.29, 0.717) is 12.8 Å². The lowest BCUT2D eigenvalue weighted by molar-refractivity contribution is -0.359. The standard InChI is InChI=1S/C70H137NO13/c1-3-5-7-9-11-13-15-17-19-21-23-24-25-26-27-28-29-30-31-32-33-34-35-36-38-40-42-44-46-48-50-52-54-62(75)71-58(59(74)53-51-49-47-45-43-41-39-37-22-20-18-16-14-12-10-8-6-4-2)57-81-69-67(80)65(78)68(61(56-73)83-69)84-70-66(79)64(77)63(76)60(55-72)82-70/h58-61,63-70,72-74,76-80H,3-57H2,1-2H3,(H,71,75). The van der Waals surface area contributed by atoms with E-state index in [0.717, 1.165) is 51.4 Å². The van der Waals surface area contributed by atoms with Crippen LogP contribution in [0.3, 0.4) is 0 Å². The summed E-state index contributed by atoms with van der Waals surface area (Å²) in [6.07, 6.45) is 49.9. The lowest BCUT2D eigenvalue weighted by Crippen LogP contribution is -2.65. The highest BCUT2D eigenvalue weighted by Crippen LogP contribution is 2.30. The Morgan fingerprint density at radius 3 is 1.01 bits per heavy atom. The van der Waals surface area contributed by atoms with E-state index in [-0.39, 0.29) is 12.5 Å². The molecule has 9 N–H and O–H groups in total. The molecule has 2 heterocycles. The van der Waals surface area contributed by atoms with E-state index in [4.69, 9.17) is 18.9 Å². The average Bonchev–Trinajstić information content (AvgIpc) is 3.18. The van der Waals surface area contributed by atoms with Crippen molar-refractivity contribution >= 4 is 5.91 Å². The van der Waals surface area contributed by atoms with Gasteiger partial charge in [0.25, 0.3) is 0 Å². The predicted octanol–water partition coefficient (Wildman–Crippen LogP) is 14.8. The molecule has 2 saturated heterocycles. The molecule has 0 saturated carbocycles. The number of rotatable bonds is 61. The molecule has 0 aromatic heterocycles. The van der Waals surface area contributed by atoms with Crippen LogP contribution in [0.4, 0.5) is 0 Å². The highest BCUT2D eigenvalue weighted by Gasteiger charge is 2.51. The maximum absolute atomic E-state index is 13.3. The lowest BCUT2D eigenvalue weighted by Gasteiger charge is -2.46. The van der Waals surface area contributed by atoms with Crippen LogP contribution < -0.4 is 5.32 Å². The zero-order valence-electron chi connectivity index (χ0n) is 54.4. The Kier molecular flexibility index (Phi) is 52.7. The number of unbranched alkanes of at least 4 members (excludes halogenated alkanes) is 48. The quantitative estimate of drug-likeness (QED) is 0.0259. The highest BCUT2D eigenvalue weighted by atomic mass is 16.7. The third-order valence-electron chi connectivity index (χ3n) is 18.3. The molecule has 12 atom stereocenters. The van der Waals surface area contributed by atoms with Gasteiger partial charge in [-0.05, 0) is 12.8 Å². The molecule has 0 bridgehead atoms. The van der Waals surface area contributed by atoms with Crippen LogP contribution in [0.5, 0.6) is 0 Å². The fourth-order valence-electron chi connectivity index (χ4n) is 12.5. The Balaban J connectivity index is 1.61. The van der Waals surface area contributed by atoms with Crippen molar-refractivity contribution in [1.29, 1.82) is 0 Å². The number of ether oxygens (including phenoxy) is 4. The summed E-state index contributed by atoms with van der Waals surface area (Å²) in [6, 6.07) is -0.824. The van der Waals surface area contributed by atoms with Crippen LogP contribution in [-0.2, 0) is 23.7 Å². The summed E-state index contributed by atoms with van der Waals surface area (Å²) in [4.78, 5) is 13.3. The summed E-state index contributed by atoms with van der Waals surface area (Å²) in [7, 11) is 0. The van der Waals surface area contributed by atoms with Gasteiger partial charge in [-0.15, -0.1) is 0 Å². The first-order valence-corrected chi connectivity index (χ1v) is 36.3. The number of aliphatic hydroxyl groups excluding tert-OH is 8. The van der Waals surface area contributed by atoms with Crippen LogP contribution in [0.15, 0.2) is 0 Å². The number of nitrogens with one attached hydrogen (secondary N) is 1. The average molecular weight is 1200 g/mol. The lowest BCUT2D eigenvalue weighted by atomic mass is 9.97. The number of hydrogen-bond donors (Lipinski definition) is 9. The van der Waals surface area contributed by atoms with E-state index < -0.39 is 86.8 Å². The minimum Gasteiger partial charge on any atom is -0.394 e. The van der Waals surface area contributed by atoms with Gasteiger partial charge in [0.2, 0.25) is 5.91 Å². The molecular weight excluding hydrogens is 1060 g/mol. The van der Waals surface area contributed by atoms with Gasteiger partial charge in [-0.25, -0.2) is 0 Å². The summed E-state index contributed by atoms with van der Waals surface area (Å²) < 4.78 is 22.9. The van der Waals surface area contributed by atoms with Crippen LogP contribution >= 0.6 is 0 Å². The normalized spacial score (nSPS) is 23.5. The van der Waals surface area contributed by atoms with E-state index in [1.165, 1.54) is 270 Å². The second-order valence-corrected chi connectivity index (χ2v) is 26.1. The van der Waals surface area contributed by atoms with Gasteiger partial charge < -0.3 is 65.1 Å². The van der Waals surface area contributed by atoms with E-state index in [1.54, 1.807) is 0 Å². The second kappa shape index (κ2) is 56.0. The minimum absolute atomic E-state index is 0.197. The van der Waals surface area contributed by atoms with E-state index in [2.05, 4.69) is 19.2 Å². The number of amides is 1. The second-order valence-electron chi connectivity index (χ2n) is 26.1. The molecule has 0 spiro atoms. The van der Waals surface area contributed by atoms with Crippen LogP contribution in [0, 0.1) is 0 Å². The van der Waals surface area contributed by atoms with Crippen molar-refractivity contribution in [1.82, 2.24) is 5.32 Å². The zero-order valence-corrected chi connectivity index (χ0v) is 54.4. The first-order chi connectivity index (χ1) is 41.1. The van der Waals surface area contributed by atoms with Gasteiger partial charge in [0, 0.05) is 6.42 Å². The molecule has 84 heavy (non-hydrogen) atoms. The smallest absolute Gasteiger partial charge is 0.220 e. The zero-order chi connectivity index (χ0) is 60.9. The van der Waals surface area contributed by atoms with Crippen molar-refractivity contribution in [2.75, 3.05) is 19.8 Å². The predicted molar refractivity (Wildman–Crippen MR) is 342 cm³/mol. The summed E-state index contributed by atoms with van der Waals surface area (Å²) in [6.45, 7) is 2.93. The van der Waals surface area contributed by atoms with Crippen molar-refractivity contribution in [3.8, 4) is 0 Å². The third kappa shape index (κ3) is 39.9. The minimum atomic E-state index is -1.78. The largest absolute Gasteiger partial charge is 0.394 e. The van der Waals surface area contributed by atoms with E-state index in [1.807, 2.05) is 0 Å². The van der Waals surface area contributed by atoms with Gasteiger partial charge in [-0.3, -0.25) is 4.79 Å². The first-order valence-electron chi connectivity index (χ1n) is 36.3. The summed E-state index contributed by atoms with van der Waals surface area (Å²) >= 11 is 0. The molecule has 2 aliphatic rings. The van der Waals surface area contributed by atoms with Crippen LogP contribution in [-0.4, -0.2) is 140 Å². The molecule has 2 aliphatic heterocycles. The summed E-state index contributed by atoms with van der Waals surface area (Å²) in [5, 5.41) is 87.6. The van der Waals surface area contributed by atoms with Gasteiger partial charge >= 0.3 is 0 Å². The SMILES string of the molecule is CCCCCCCCCCCCCCCCCCCCCCCCCCCCCCCCCCC(=O)NC(COC1OC(CO)C(OC2OC(CO)C(O)C(O)C2O)C(O)C1O)C(O)CCCCCCCCCCCCCCCCCCCC. The topological polar surface area (TPSA) is 228 Å². The first kappa shape index (κ1) is 79.1. The molecule has 2 fully saturated rings. The number of hydrogen-bond acceptors (Lipinski definition) is 13. The summed E-state index contributed by atoms with van der Waals surface area (Å²) in [5.41, 5.74) is 0. The van der Waals surface area contributed by atoms with Crippen molar-refractivity contribution in [2.45, 2.75) is 421 Å². The van der Waals surface area contributed by atoms with Crippen LogP contribution in [0.2, 0.25) is 0 Å². The van der Waals surface area contributed by atoms with Gasteiger partial charge in [0.15, 0.2) is 12.6 Å². The highest BCUT2D eigenvalue weighted by molar-refractivity contribution is 5.76. The molecule has 500 valence electrons. The van der Waals surface area contributed by atoms with Crippen molar-refractivity contribution in [2.24, 2.45) is 0 Å². The molecule has 0 aromatic carbocycles. The van der Waals surface area contributed by atoms with Crippen molar-refractivity contribution in [3.63, 3.8) is 0 Å². The maximum Gasteiger partial charge on any atom is 0.220 e. The van der Waals surface area contributed by atoms with Gasteiger partial charge in [-0.2, -0.15) is 0 Å². The van der Waals surface area contributed by atoms with Crippen molar-refractivity contribution < 1.29 is 64.6 Å². The Morgan fingerprint density at radius 2 is 0.679 bits per heavy atom. The molecule has 14 nitrogen and oxygen atoms in total. The summed E-state index contributed by atoms with van der Waals surface area (Å²) in [5.74, 6) is -0.197. The Hall–Kier alpha value is -1.01. The van der Waals surface area contributed by atoms with E-state index >= 15 is 0 Å². The molecule has 0 aromatic rings. The maximum atomic E-state index is 13.3. The van der Waals surface area contributed by atoms with Crippen LogP contribution in [0.25, 0.3) is 0 Å². The fourth-order valence-corrected chi connectivity index (χ4v) is 12.5. The van der Waals surface area contributed by atoms with Gasteiger partial charge in [0.1, 0.15) is 48.8 Å². The molecule has 2 rings (SSSR count). The molecule has 12 unspecified atom stereocenters. The molecule has 0 aliphatic carbocycles. The molecule has 0 radical (unpaired) electrons. The van der Waals surface area contributed by atoms with Crippen LogP contribution in [0.1, 0.15) is 348 Å². The fraction of sp³-hybridized carbons (Fsp3) is 0.986. The number of aliphatic hydroxyl groups is 8. The van der Waals surface area contributed by atoms with Crippen molar-refractivity contribution in [3.05, 3.63) is 0 Å². The van der Waals surface area contributed by atoms with Gasteiger partial charge in [-0.1, -0.05) is 328 Å². The Labute approximate surface area is 514 Å². The Bertz CT molecular complexity index is 1410.